The van der Waals surface area contributed by atoms with Crippen molar-refractivity contribution in [1.29, 1.82) is 0 Å². The highest BCUT2D eigenvalue weighted by Crippen LogP contribution is 2.35. The van der Waals surface area contributed by atoms with Crippen molar-refractivity contribution in [3.8, 4) is 0 Å². The molecule has 3 N–H and O–H groups in total. The number of hydrazine groups is 1. The smallest absolute Gasteiger partial charge is 0.0847 e. The molecule has 0 spiro atoms. The fraction of sp³-hybridized carbons (Fsp3) is 0.533. The lowest BCUT2D eigenvalue weighted by Crippen LogP contribution is -2.29. The van der Waals surface area contributed by atoms with Crippen molar-refractivity contribution in [2.75, 3.05) is 0 Å². The molecule has 3 rings (SSSR count). The Kier molecular flexibility index (Phi) is 4.36. The first-order chi connectivity index (χ1) is 10.1. The standard InChI is InChI=1S/C15H21ClN4S/c1-3-20-12(15(16)9(2)19-20)8-11(18-17)14-7-10-5-4-6-13(10)21-14/h7,11,18H,3-6,8,17H2,1-2H3. The molecular formula is C15H21ClN4S. The van der Waals surface area contributed by atoms with E-state index < -0.39 is 0 Å². The van der Waals surface area contributed by atoms with E-state index in [1.807, 2.05) is 22.9 Å². The highest BCUT2D eigenvalue weighted by Gasteiger charge is 2.22. The number of halogens is 1. The largest absolute Gasteiger partial charge is 0.271 e. The molecule has 1 unspecified atom stereocenters. The van der Waals surface area contributed by atoms with Gasteiger partial charge in [-0.25, -0.2) is 0 Å². The number of thiophene rings is 1. The fourth-order valence-corrected chi connectivity index (χ4v) is 4.55. The second-order valence-corrected chi connectivity index (χ2v) is 7.08. The van der Waals surface area contributed by atoms with Crippen LogP contribution in [-0.4, -0.2) is 9.78 Å². The molecule has 1 atom stereocenters. The Morgan fingerprint density at radius 1 is 1.52 bits per heavy atom. The van der Waals surface area contributed by atoms with Crippen LogP contribution in [0.4, 0.5) is 0 Å². The average molecular weight is 325 g/mol. The summed E-state index contributed by atoms with van der Waals surface area (Å²) < 4.78 is 1.98. The first kappa shape index (κ1) is 15.0. The van der Waals surface area contributed by atoms with Gasteiger partial charge in [0, 0.05) is 22.7 Å². The Morgan fingerprint density at radius 3 is 3.00 bits per heavy atom. The summed E-state index contributed by atoms with van der Waals surface area (Å²) in [6.45, 7) is 4.85. The third-order valence-corrected chi connectivity index (χ3v) is 6.00. The molecule has 1 aliphatic rings. The van der Waals surface area contributed by atoms with Gasteiger partial charge in [0.2, 0.25) is 0 Å². The number of fused-ring (bicyclic) bond motifs is 1. The van der Waals surface area contributed by atoms with Crippen LogP contribution in [0, 0.1) is 6.92 Å². The number of nitrogens with one attached hydrogen (secondary N) is 1. The van der Waals surface area contributed by atoms with Gasteiger partial charge in [-0.3, -0.25) is 16.0 Å². The number of aryl methyl sites for hydroxylation is 4. The summed E-state index contributed by atoms with van der Waals surface area (Å²) in [5, 5.41) is 5.24. The van der Waals surface area contributed by atoms with Crippen molar-refractivity contribution >= 4 is 22.9 Å². The summed E-state index contributed by atoms with van der Waals surface area (Å²) >= 11 is 8.29. The maximum atomic E-state index is 6.41. The minimum absolute atomic E-state index is 0.0968. The Bertz CT molecular complexity index is 625. The molecule has 0 radical (unpaired) electrons. The number of rotatable bonds is 5. The molecule has 0 fully saturated rings. The van der Waals surface area contributed by atoms with Crippen LogP contribution in [0.3, 0.4) is 0 Å². The highest BCUT2D eigenvalue weighted by molar-refractivity contribution is 7.12. The van der Waals surface area contributed by atoms with E-state index in [9.17, 15) is 0 Å². The fourth-order valence-electron chi connectivity index (χ4n) is 3.02. The number of hydrogen-bond donors (Lipinski definition) is 2. The molecule has 0 saturated carbocycles. The predicted octanol–water partition coefficient (Wildman–Crippen LogP) is 3.16. The molecule has 2 heterocycles. The van der Waals surface area contributed by atoms with Gasteiger partial charge in [-0.2, -0.15) is 5.10 Å². The minimum Gasteiger partial charge on any atom is -0.271 e. The summed E-state index contributed by atoms with van der Waals surface area (Å²) in [5.41, 5.74) is 6.41. The second-order valence-electron chi connectivity index (χ2n) is 5.54. The van der Waals surface area contributed by atoms with Crippen LogP contribution in [0.2, 0.25) is 5.02 Å². The summed E-state index contributed by atoms with van der Waals surface area (Å²) in [6, 6.07) is 2.41. The molecule has 6 heteroatoms. The van der Waals surface area contributed by atoms with Gasteiger partial charge < -0.3 is 0 Å². The SMILES string of the molecule is CCn1nc(C)c(Cl)c1CC(NN)c1cc2c(s1)CCC2. The molecule has 4 nitrogen and oxygen atoms in total. The van der Waals surface area contributed by atoms with Gasteiger partial charge in [0.15, 0.2) is 0 Å². The summed E-state index contributed by atoms with van der Waals surface area (Å²) in [7, 11) is 0. The molecule has 0 saturated heterocycles. The molecule has 114 valence electrons. The van der Waals surface area contributed by atoms with Crippen LogP contribution in [-0.2, 0) is 25.8 Å². The Labute approximate surface area is 134 Å². The van der Waals surface area contributed by atoms with Crippen LogP contribution in [0.15, 0.2) is 6.07 Å². The third-order valence-electron chi connectivity index (χ3n) is 4.16. The van der Waals surface area contributed by atoms with Gasteiger partial charge >= 0.3 is 0 Å². The van der Waals surface area contributed by atoms with Crippen LogP contribution in [0.25, 0.3) is 0 Å². The second kappa shape index (κ2) is 6.08. The monoisotopic (exact) mass is 324 g/mol. The summed E-state index contributed by atoms with van der Waals surface area (Å²) in [4.78, 5) is 2.83. The Hall–Kier alpha value is -0.880. The van der Waals surface area contributed by atoms with Crippen molar-refractivity contribution in [1.82, 2.24) is 15.2 Å². The Balaban J connectivity index is 1.87. The van der Waals surface area contributed by atoms with Gasteiger partial charge in [-0.05, 0) is 44.7 Å². The molecule has 2 aromatic rings. The maximum Gasteiger partial charge on any atom is 0.0847 e. The number of hydrogen-bond acceptors (Lipinski definition) is 4. The Morgan fingerprint density at radius 2 is 2.33 bits per heavy atom. The highest BCUT2D eigenvalue weighted by atomic mass is 35.5. The normalized spacial score (nSPS) is 15.4. The molecule has 0 aromatic carbocycles. The molecular weight excluding hydrogens is 304 g/mol. The van der Waals surface area contributed by atoms with Crippen molar-refractivity contribution in [2.45, 2.75) is 52.1 Å². The lowest BCUT2D eigenvalue weighted by atomic mass is 10.1. The first-order valence-corrected chi connectivity index (χ1v) is 8.62. The molecule has 21 heavy (non-hydrogen) atoms. The molecule has 0 amide bonds. The van der Waals surface area contributed by atoms with Crippen molar-refractivity contribution in [3.63, 3.8) is 0 Å². The number of nitrogens with zero attached hydrogens (tertiary/aromatic N) is 2. The van der Waals surface area contributed by atoms with E-state index >= 15 is 0 Å². The zero-order chi connectivity index (χ0) is 15.0. The van der Waals surface area contributed by atoms with Crippen molar-refractivity contribution < 1.29 is 0 Å². The summed E-state index contributed by atoms with van der Waals surface area (Å²) in [5.74, 6) is 5.80. The van der Waals surface area contributed by atoms with Crippen LogP contribution >= 0.6 is 22.9 Å². The van der Waals surface area contributed by atoms with E-state index in [2.05, 4.69) is 23.5 Å². The van der Waals surface area contributed by atoms with Crippen LogP contribution in [0.1, 0.15) is 46.1 Å². The van der Waals surface area contributed by atoms with Gasteiger partial charge in [0.25, 0.3) is 0 Å². The number of nitrogens with two attached hydrogens (primary N) is 1. The van der Waals surface area contributed by atoms with E-state index in [0.717, 1.165) is 29.4 Å². The van der Waals surface area contributed by atoms with Crippen LogP contribution < -0.4 is 11.3 Å². The van der Waals surface area contributed by atoms with Gasteiger partial charge in [0.05, 0.1) is 22.5 Å². The van der Waals surface area contributed by atoms with E-state index in [4.69, 9.17) is 17.4 Å². The average Bonchev–Trinajstić information content (AvgIpc) is 3.12. The summed E-state index contributed by atoms with van der Waals surface area (Å²) in [6.07, 6.45) is 4.47. The molecule has 0 aliphatic heterocycles. The predicted molar refractivity (Wildman–Crippen MR) is 87.8 cm³/mol. The van der Waals surface area contributed by atoms with E-state index in [-0.39, 0.29) is 6.04 Å². The molecule has 1 aliphatic carbocycles. The quantitative estimate of drug-likeness (QED) is 0.656. The molecule has 0 bridgehead atoms. The van der Waals surface area contributed by atoms with E-state index in [1.165, 1.54) is 34.6 Å². The van der Waals surface area contributed by atoms with E-state index in [0.29, 0.717) is 0 Å². The van der Waals surface area contributed by atoms with Crippen molar-refractivity contribution in [3.05, 3.63) is 37.8 Å². The minimum atomic E-state index is 0.0968. The van der Waals surface area contributed by atoms with Crippen LogP contribution in [0.5, 0.6) is 0 Å². The van der Waals surface area contributed by atoms with Gasteiger partial charge in [0.1, 0.15) is 0 Å². The maximum absolute atomic E-state index is 6.41. The lowest BCUT2D eigenvalue weighted by Gasteiger charge is -2.15. The van der Waals surface area contributed by atoms with Gasteiger partial charge in [-0.15, -0.1) is 11.3 Å². The first-order valence-electron chi connectivity index (χ1n) is 7.43. The van der Waals surface area contributed by atoms with Crippen molar-refractivity contribution in [2.24, 2.45) is 5.84 Å². The topological polar surface area (TPSA) is 55.9 Å². The zero-order valence-electron chi connectivity index (χ0n) is 12.4. The molecule has 2 aromatic heterocycles. The lowest BCUT2D eigenvalue weighted by molar-refractivity contribution is 0.523. The third kappa shape index (κ3) is 2.75. The number of aromatic nitrogens is 2. The van der Waals surface area contributed by atoms with Gasteiger partial charge in [-0.1, -0.05) is 11.6 Å². The van der Waals surface area contributed by atoms with E-state index in [1.54, 1.807) is 0 Å². The zero-order valence-corrected chi connectivity index (χ0v) is 14.0.